The molecule has 0 fully saturated rings. The Morgan fingerprint density at radius 2 is 0.606 bits per heavy atom. The molecule has 66 heavy (non-hydrogen) atoms. The maximum atomic E-state index is 11.8. The van der Waals surface area contributed by atoms with E-state index in [0.29, 0.717) is 25.7 Å². The smallest absolute Gasteiger partial charge is 0.305 e. The minimum absolute atomic E-state index is 0.216. The zero-order valence-electron chi connectivity index (χ0n) is 37.3. The van der Waals surface area contributed by atoms with Crippen LogP contribution in [-0.2, 0) is 31.9 Å². The summed E-state index contributed by atoms with van der Waals surface area (Å²) in [4.78, 5) is 28.2. The van der Waals surface area contributed by atoms with Gasteiger partial charge in [-0.2, -0.15) is 0 Å². The van der Waals surface area contributed by atoms with Crippen molar-refractivity contribution in [2.24, 2.45) is 0 Å². The summed E-state index contributed by atoms with van der Waals surface area (Å²) >= 11 is 0. The molecule has 0 spiro atoms. The number of hydrogen-bond donors (Lipinski definition) is 0. The fraction of sp³-hybridized carbons (Fsp3) is 0.100. The van der Waals surface area contributed by atoms with Gasteiger partial charge in [-0.05, 0) is 130 Å². The first-order valence-electron chi connectivity index (χ1n) is 22.2. The van der Waals surface area contributed by atoms with Crippen LogP contribution in [-0.4, -0.2) is 26.2 Å². The molecule has 0 N–H and O–H groups in total. The van der Waals surface area contributed by atoms with Gasteiger partial charge in [-0.3, -0.25) is 9.59 Å². The molecule has 8 aromatic rings. The van der Waals surface area contributed by atoms with E-state index in [9.17, 15) is 9.59 Å². The highest BCUT2D eigenvalue weighted by Crippen LogP contribution is 2.39. The Kier molecular flexibility index (Phi) is 14.7. The lowest BCUT2D eigenvalue weighted by atomic mass is 10.0. The molecule has 0 aromatic heterocycles. The van der Waals surface area contributed by atoms with E-state index in [2.05, 4.69) is 204 Å². The molecule has 0 atom stereocenters. The summed E-state index contributed by atoms with van der Waals surface area (Å²) in [6, 6.07) is 71.9. The second-order valence-corrected chi connectivity index (χ2v) is 15.9. The Balaban J connectivity index is 1.06. The second-order valence-electron chi connectivity index (χ2n) is 15.9. The van der Waals surface area contributed by atoms with Gasteiger partial charge in [0.05, 0.1) is 14.2 Å². The number of carbonyl (C=O) groups excluding carboxylic acids is 2. The number of aryl methyl sites for hydroxylation is 2. The number of anilines is 6. The molecule has 0 bridgehead atoms. The highest BCUT2D eigenvalue weighted by atomic mass is 16.5. The van der Waals surface area contributed by atoms with Crippen molar-refractivity contribution in [1.29, 1.82) is 0 Å². The molecule has 0 amide bonds. The molecule has 0 saturated carbocycles. The second kappa shape index (κ2) is 21.9. The average Bonchev–Trinajstić information content (AvgIpc) is 3.38. The summed E-state index contributed by atoms with van der Waals surface area (Å²) in [5.41, 5.74) is 15.0. The molecular weight excluding hydrogens is 813 g/mol. The van der Waals surface area contributed by atoms with Crippen molar-refractivity contribution < 1.29 is 19.1 Å². The Morgan fingerprint density at radius 3 is 0.894 bits per heavy atom. The number of ether oxygens (including phenoxy) is 2. The van der Waals surface area contributed by atoms with Crippen molar-refractivity contribution in [2.75, 3.05) is 24.0 Å². The van der Waals surface area contributed by atoms with Gasteiger partial charge in [0.1, 0.15) is 0 Å². The molecule has 6 nitrogen and oxygen atoms in total. The van der Waals surface area contributed by atoms with Gasteiger partial charge in [-0.25, -0.2) is 0 Å². The number of nitrogens with zero attached hydrogens (tertiary/aromatic N) is 2. The van der Waals surface area contributed by atoms with Gasteiger partial charge in [-0.1, -0.05) is 158 Å². The molecule has 6 heteroatoms. The molecule has 0 aliphatic rings. The SMILES string of the molecule is COC(=O)CCc1ccc(N(c2ccc(C=Cc3ccccc3)cc2)c2ccc(-c3ccc(N(c4ccc(C=Cc5ccccc5)cc4)c4ccc(CCC(=O)OC)cc4)cc3)cc2)cc1. The van der Waals surface area contributed by atoms with Crippen molar-refractivity contribution in [3.8, 4) is 11.1 Å². The third-order valence-corrected chi connectivity index (χ3v) is 11.5. The first kappa shape index (κ1) is 44.4. The molecule has 326 valence electrons. The van der Waals surface area contributed by atoms with Crippen LogP contribution in [0.5, 0.6) is 0 Å². The molecular formula is C60H52N2O4. The maximum Gasteiger partial charge on any atom is 0.305 e. The first-order chi connectivity index (χ1) is 32.4. The van der Waals surface area contributed by atoms with Gasteiger partial charge < -0.3 is 19.3 Å². The van der Waals surface area contributed by atoms with Crippen LogP contribution >= 0.6 is 0 Å². The quantitative estimate of drug-likeness (QED) is 0.0671. The molecule has 0 unspecified atom stereocenters. The standard InChI is InChI=1S/C60H52N2O4/c1-65-59(63)43-25-49-21-35-55(36-22-49)61(53-31-17-47(18-32-53)15-13-45-9-5-3-6-10-45)57-39-27-51(28-40-57)52-29-41-58(42-30-52)62(56-37-23-50(24-38-56)26-44-60(64)66-2)54-33-19-48(20-34-54)16-14-46-11-7-4-8-12-46/h3-24,27-42H,25-26,43-44H2,1-2H3. The number of carbonyl (C=O) groups is 2. The minimum atomic E-state index is -0.216. The minimum Gasteiger partial charge on any atom is -0.469 e. The normalized spacial score (nSPS) is 11.1. The van der Waals surface area contributed by atoms with E-state index < -0.39 is 0 Å². The van der Waals surface area contributed by atoms with E-state index >= 15 is 0 Å². The molecule has 8 rings (SSSR count). The zero-order valence-corrected chi connectivity index (χ0v) is 37.3. The van der Waals surface area contributed by atoms with E-state index in [-0.39, 0.29) is 11.9 Å². The third-order valence-electron chi connectivity index (χ3n) is 11.5. The summed E-state index contributed by atoms with van der Waals surface area (Å²) in [5.74, 6) is -0.432. The topological polar surface area (TPSA) is 59.1 Å². The van der Waals surface area contributed by atoms with Crippen molar-refractivity contribution >= 4 is 70.4 Å². The van der Waals surface area contributed by atoms with Crippen LogP contribution in [0.25, 0.3) is 35.4 Å². The van der Waals surface area contributed by atoms with E-state index in [0.717, 1.165) is 78.6 Å². The Bertz CT molecular complexity index is 2650. The fourth-order valence-electron chi connectivity index (χ4n) is 7.80. The van der Waals surface area contributed by atoms with Gasteiger partial charge in [0, 0.05) is 47.0 Å². The largest absolute Gasteiger partial charge is 0.469 e. The predicted molar refractivity (Wildman–Crippen MR) is 273 cm³/mol. The summed E-state index contributed by atoms with van der Waals surface area (Å²) in [5, 5.41) is 0. The number of esters is 2. The van der Waals surface area contributed by atoms with Crippen molar-refractivity contribution in [3.05, 3.63) is 240 Å². The van der Waals surface area contributed by atoms with Crippen LogP contribution in [0.1, 0.15) is 46.2 Å². The number of methoxy groups -OCH3 is 2. The monoisotopic (exact) mass is 864 g/mol. The maximum absolute atomic E-state index is 11.8. The molecule has 0 radical (unpaired) electrons. The Morgan fingerprint density at radius 1 is 0.348 bits per heavy atom. The van der Waals surface area contributed by atoms with E-state index in [1.54, 1.807) is 0 Å². The van der Waals surface area contributed by atoms with E-state index in [1.165, 1.54) is 14.2 Å². The number of rotatable bonds is 17. The highest BCUT2D eigenvalue weighted by molar-refractivity contribution is 5.82. The van der Waals surface area contributed by atoms with Crippen LogP contribution in [0.15, 0.2) is 206 Å². The van der Waals surface area contributed by atoms with E-state index in [4.69, 9.17) is 9.47 Å². The third kappa shape index (κ3) is 11.7. The van der Waals surface area contributed by atoms with Gasteiger partial charge in [-0.15, -0.1) is 0 Å². The van der Waals surface area contributed by atoms with Gasteiger partial charge in [0.2, 0.25) is 0 Å². The van der Waals surface area contributed by atoms with Crippen molar-refractivity contribution in [3.63, 3.8) is 0 Å². The van der Waals surface area contributed by atoms with Gasteiger partial charge in [0.25, 0.3) is 0 Å². The summed E-state index contributed by atoms with van der Waals surface area (Å²) < 4.78 is 9.74. The Labute approximate surface area is 388 Å². The van der Waals surface area contributed by atoms with Crippen molar-refractivity contribution in [2.45, 2.75) is 25.7 Å². The van der Waals surface area contributed by atoms with Gasteiger partial charge >= 0.3 is 11.9 Å². The number of hydrogen-bond acceptors (Lipinski definition) is 6. The lowest BCUT2D eigenvalue weighted by Crippen LogP contribution is -2.10. The average molecular weight is 865 g/mol. The van der Waals surface area contributed by atoms with E-state index in [1.807, 2.05) is 36.4 Å². The lowest BCUT2D eigenvalue weighted by Gasteiger charge is -2.26. The lowest BCUT2D eigenvalue weighted by molar-refractivity contribution is -0.141. The van der Waals surface area contributed by atoms with Crippen LogP contribution in [0.3, 0.4) is 0 Å². The summed E-state index contributed by atoms with van der Waals surface area (Å²) in [7, 11) is 2.85. The van der Waals surface area contributed by atoms with Crippen LogP contribution in [0, 0.1) is 0 Å². The predicted octanol–water partition coefficient (Wildman–Crippen LogP) is 14.8. The zero-order chi connectivity index (χ0) is 45.5. The van der Waals surface area contributed by atoms with Crippen LogP contribution in [0.4, 0.5) is 34.1 Å². The van der Waals surface area contributed by atoms with Crippen LogP contribution < -0.4 is 9.80 Å². The summed E-state index contributed by atoms with van der Waals surface area (Å²) in [6.45, 7) is 0. The van der Waals surface area contributed by atoms with Crippen LogP contribution in [0.2, 0.25) is 0 Å². The van der Waals surface area contributed by atoms with Crippen molar-refractivity contribution in [1.82, 2.24) is 0 Å². The molecule has 8 aromatic carbocycles. The van der Waals surface area contributed by atoms with Gasteiger partial charge in [0.15, 0.2) is 0 Å². The highest BCUT2D eigenvalue weighted by Gasteiger charge is 2.16. The summed E-state index contributed by atoms with van der Waals surface area (Å²) in [6.07, 6.45) is 10.4. The molecule has 0 aliphatic carbocycles. The Hall–Kier alpha value is -8.22. The molecule has 0 heterocycles. The fourth-order valence-corrected chi connectivity index (χ4v) is 7.80. The number of benzene rings is 8. The first-order valence-corrected chi connectivity index (χ1v) is 22.2. The molecule has 0 aliphatic heterocycles. The molecule has 0 saturated heterocycles.